The Kier molecular flexibility index (Phi) is 4.30. The van der Waals surface area contributed by atoms with Crippen molar-refractivity contribution in [3.8, 4) is 5.88 Å². The Morgan fingerprint density at radius 3 is 2.79 bits per heavy atom. The van der Waals surface area contributed by atoms with Crippen molar-refractivity contribution >= 4 is 11.5 Å². The molecule has 2 N–H and O–H groups in total. The summed E-state index contributed by atoms with van der Waals surface area (Å²) in [4.78, 5) is 10.3. The molecule has 100 valence electrons. The monoisotopic (exact) mass is 258 g/mol. The van der Waals surface area contributed by atoms with E-state index in [0.717, 1.165) is 17.1 Å². The zero-order valence-corrected chi connectivity index (χ0v) is 11.2. The van der Waals surface area contributed by atoms with E-state index in [-0.39, 0.29) is 0 Å². The Morgan fingerprint density at radius 1 is 1.26 bits per heavy atom. The van der Waals surface area contributed by atoms with Crippen LogP contribution in [0.4, 0.5) is 11.5 Å². The number of nitrogens with two attached hydrogens (primary N) is 1. The van der Waals surface area contributed by atoms with Gasteiger partial charge in [0.15, 0.2) is 0 Å². The van der Waals surface area contributed by atoms with Crippen LogP contribution in [0.2, 0.25) is 0 Å². The molecule has 0 spiro atoms. The van der Waals surface area contributed by atoms with Crippen LogP contribution >= 0.6 is 0 Å². The largest absolute Gasteiger partial charge is 0.478 e. The van der Waals surface area contributed by atoms with Gasteiger partial charge in [0.2, 0.25) is 5.88 Å². The van der Waals surface area contributed by atoms with Crippen LogP contribution in [0.3, 0.4) is 0 Å². The molecular weight excluding hydrogens is 240 g/mol. The van der Waals surface area contributed by atoms with Crippen LogP contribution in [-0.2, 0) is 6.54 Å². The molecule has 0 amide bonds. The van der Waals surface area contributed by atoms with Gasteiger partial charge in [0.1, 0.15) is 12.1 Å². The zero-order chi connectivity index (χ0) is 13.7. The second-order valence-corrected chi connectivity index (χ2v) is 4.04. The van der Waals surface area contributed by atoms with Gasteiger partial charge < -0.3 is 15.4 Å². The summed E-state index contributed by atoms with van der Waals surface area (Å²) in [6.45, 7) is 3.00. The lowest BCUT2D eigenvalue weighted by molar-refractivity contribution is 0.326. The third-order valence-electron chi connectivity index (χ3n) is 2.84. The first kappa shape index (κ1) is 13.3. The Balaban J connectivity index is 2.32. The molecule has 2 rings (SSSR count). The van der Waals surface area contributed by atoms with Gasteiger partial charge in [0.05, 0.1) is 6.61 Å². The summed E-state index contributed by atoms with van der Waals surface area (Å²) in [6, 6.07) is 9.80. The second kappa shape index (κ2) is 6.15. The highest BCUT2D eigenvalue weighted by Gasteiger charge is 2.10. The number of aromatic nitrogens is 2. The molecule has 1 aromatic heterocycles. The molecule has 0 radical (unpaired) electrons. The predicted molar refractivity (Wildman–Crippen MR) is 75.6 cm³/mol. The number of nitrogens with zero attached hydrogens (tertiary/aromatic N) is 3. The Morgan fingerprint density at radius 2 is 2.05 bits per heavy atom. The molecule has 0 atom stereocenters. The van der Waals surface area contributed by atoms with Crippen molar-refractivity contribution in [2.45, 2.75) is 13.5 Å². The van der Waals surface area contributed by atoms with E-state index in [1.165, 1.54) is 6.33 Å². The first-order chi connectivity index (χ1) is 9.26. The Hall–Kier alpha value is -2.14. The lowest BCUT2D eigenvalue weighted by Crippen LogP contribution is -2.15. The van der Waals surface area contributed by atoms with Crippen LogP contribution < -0.4 is 15.4 Å². The topological polar surface area (TPSA) is 64.3 Å². The molecule has 1 heterocycles. The highest BCUT2D eigenvalue weighted by molar-refractivity contribution is 5.63. The van der Waals surface area contributed by atoms with E-state index in [1.807, 2.05) is 49.2 Å². The molecule has 5 nitrogen and oxygen atoms in total. The van der Waals surface area contributed by atoms with Crippen molar-refractivity contribution in [1.29, 1.82) is 0 Å². The van der Waals surface area contributed by atoms with Gasteiger partial charge in [-0.15, -0.1) is 0 Å². The van der Waals surface area contributed by atoms with Gasteiger partial charge in [-0.05, 0) is 18.6 Å². The van der Waals surface area contributed by atoms with E-state index in [9.17, 15) is 0 Å². The van der Waals surface area contributed by atoms with Crippen LogP contribution in [0.15, 0.2) is 36.7 Å². The maximum absolute atomic E-state index is 5.76. The molecule has 0 aliphatic rings. The molecule has 0 unspecified atom stereocenters. The van der Waals surface area contributed by atoms with Gasteiger partial charge in [0, 0.05) is 25.3 Å². The number of para-hydroxylation sites is 1. The van der Waals surface area contributed by atoms with E-state index in [0.29, 0.717) is 19.0 Å². The highest BCUT2D eigenvalue weighted by atomic mass is 16.5. The van der Waals surface area contributed by atoms with Crippen molar-refractivity contribution in [1.82, 2.24) is 9.97 Å². The normalized spacial score (nSPS) is 10.3. The summed E-state index contributed by atoms with van der Waals surface area (Å²) in [7, 11) is 1.95. The van der Waals surface area contributed by atoms with Crippen molar-refractivity contribution in [2.75, 3.05) is 18.6 Å². The van der Waals surface area contributed by atoms with Gasteiger partial charge in [0.25, 0.3) is 0 Å². The molecule has 0 aliphatic heterocycles. The lowest BCUT2D eigenvalue weighted by Gasteiger charge is -2.21. The van der Waals surface area contributed by atoms with Crippen molar-refractivity contribution < 1.29 is 4.74 Å². The van der Waals surface area contributed by atoms with Crippen LogP contribution in [0.1, 0.15) is 12.5 Å². The standard InChI is InChI=1S/C14H18N4O/c1-3-19-14-8-13(16-10-17-14)18(2)12-7-5-4-6-11(12)9-15/h4-8,10H,3,9,15H2,1-2H3. The molecule has 0 bridgehead atoms. The average molecular weight is 258 g/mol. The molecular formula is C14H18N4O. The van der Waals surface area contributed by atoms with Crippen LogP contribution in [-0.4, -0.2) is 23.6 Å². The van der Waals surface area contributed by atoms with E-state index < -0.39 is 0 Å². The predicted octanol–water partition coefficient (Wildman–Crippen LogP) is 2.10. The second-order valence-electron chi connectivity index (χ2n) is 4.04. The van der Waals surface area contributed by atoms with Crippen molar-refractivity contribution in [3.05, 3.63) is 42.2 Å². The van der Waals surface area contributed by atoms with E-state index in [2.05, 4.69) is 9.97 Å². The quantitative estimate of drug-likeness (QED) is 0.889. The molecule has 5 heteroatoms. The number of hydrogen-bond acceptors (Lipinski definition) is 5. The van der Waals surface area contributed by atoms with Gasteiger partial charge in [-0.2, -0.15) is 0 Å². The van der Waals surface area contributed by atoms with Crippen LogP contribution in [0, 0.1) is 0 Å². The van der Waals surface area contributed by atoms with Gasteiger partial charge in [-0.25, -0.2) is 9.97 Å². The van der Waals surface area contributed by atoms with E-state index in [1.54, 1.807) is 0 Å². The van der Waals surface area contributed by atoms with Crippen molar-refractivity contribution in [2.24, 2.45) is 5.73 Å². The van der Waals surface area contributed by atoms with Gasteiger partial charge in [-0.3, -0.25) is 0 Å². The number of ether oxygens (including phenoxy) is 1. The maximum atomic E-state index is 5.76. The SMILES string of the molecule is CCOc1cc(N(C)c2ccccc2CN)ncn1. The van der Waals surface area contributed by atoms with E-state index >= 15 is 0 Å². The molecule has 1 aromatic carbocycles. The number of rotatable bonds is 5. The first-order valence-electron chi connectivity index (χ1n) is 6.22. The zero-order valence-electron chi connectivity index (χ0n) is 11.2. The summed E-state index contributed by atoms with van der Waals surface area (Å²) in [5.41, 5.74) is 7.86. The third kappa shape index (κ3) is 3.00. The number of benzene rings is 1. The summed E-state index contributed by atoms with van der Waals surface area (Å²) in [6.07, 6.45) is 1.50. The molecule has 0 saturated heterocycles. The third-order valence-corrected chi connectivity index (χ3v) is 2.84. The minimum Gasteiger partial charge on any atom is -0.478 e. The summed E-state index contributed by atoms with van der Waals surface area (Å²) >= 11 is 0. The van der Waals surface area contributed by atoms with Crippen molar-refractivity contribution in [3.63, 3.8) is 0 Å². The Labute approximate surface area is 113 Å². The molecule has 0 aliphatic carbocycles. The summed E-state index contributed by atoms with van der Waals surface area (Å²) < 4.78 is 5.39. The fraction of sp³-hybridized carbons (Fsp3) is 0.286. The minimum atomic E-state index is 0.490. The highest BCUT2D eigenvalue weighted by Crippen LogP contribution is 2.26. The fourth-order valence-corrected chi connectivity index (χ4v) is 1.87. The smallest absolute Gasteiger partial charge is 0.218 e. The minimum absolute atomic E-state index is 0.490. The Bertz CT molecular complexity index is 544. The average Bonchev–Trinajstić information content (AvgIpc) is 2.47. The van der Waals surface area contributed by atoms with Gasteiger partial charge in [-0.1, -0.05) is 18.2 Å². The lowest BCUT2D eigenvalue weighted by atomic mass is 10.1. The van der Waals surface area contributed by atoms with E-state index in [4.69, 9.17) is 10.5 Å². The number of hydrogen-bond donors (Lipinski definition) is 1. The first-order valence-corrected chi connectivity index (χ1v) is 6.22. The van der Waals surface area contributed by atoms with Gasteiger partial charge >= 0.3 is 0 Å². The summed E-state index contributed by atoms with van der Waals surface area (Å²) in [5.74, 6) is 1.35. The molecule has 0 saturated carbocycles. The molecule has 0 fully saturated rings. The van der Waals surface area contributed by atoms with Crippen LogP contribution in [0.25, 0.3) is 0 Å². The number of anilines is 2. The molecule has 19 heavy (non-hydrogen) atoms. The molecule has 2 aromatic rings. The van der Waals surface area contributed by atoms with Crippen LogP contribution in [0.5, 0.6) is 5.88 Å². The summed E-state index contributed by atoms with van der Waals surface area (Å²) in [5, 5.41) is 0. The fourth-order valence-electron chi connectivity index (χ4n) is 1.87. The maximum Gasteiger partial charge on any atom is 0.218 e.